The van der Waals surface area contributed by atoms with Crippen LogP contribution in [0, 0.1) is 10.8 Å². The second kappa shape index (κ2) is 7.33. The second-order valence-corrected chi connectivity index (χ2v) is 8.00. The fraction of sp³-hybridized carbons (Fsp3) is 0.667. The lowest BCUT2D eigenvalue weighted by Crippen LogP contribution is -2.61. The monoisotopic (exact) mass is 392 g/mol. The Kier molecular flexibility index (Phi) is 5.22. The van der Waals surface area contributed by atoms with Crippen LogP contribution in [0.2, 0.25) is 0 Å². The molecular formula is C18H28N6O4. The van der Waals surface area contributed by atoms with Crippen LogP contribution < -0.4 is 22.7 Å². The van der Waals surface area contributed by atoms with Gasteiger partial charge in [0, 0.05) is 31.1 Å². The van der Waals surface area contributed by atoms with E-state index in [2.05, 4.69) is 0 Å². The Balaban J connectivity index is 1.91. The number of nitrogens with two attached hydrogens (primary N) is 2. The summed E-state index contributed by atoms with van der Waals surface area (Å²) in [5, 5.41) is 18.0. The van der Waals surface area contributed by atoms with Crippen molar-refractivity contribution in [3.63, 3.8) is 0 Å². The third-order valence-electron chi connectivity index (χ3n) is 6.10. The Hall–Kier alpha value is -2.78. The summed E-state index contributed by atoms with van der Waals surface area (Å²) in [7, 11) is 0. The smallest absolute Gasteiger partial charge is 0.334 e. The molecular weight excluding hydrogens is 364 g/mol. The molecule has 0 unspecified atom stereocenters. The minimum atomic E-state index is -0.712. The number of amidine groups is 1. The highest BCUT2D eigenvalue weighted by molar-refractivity contribution is 5.96. The molecule has 1 spiro atoms. The number of nitrogen functional groups attached to an aromatic ring is 1. The largest absolute Gasteiger partial charge is 0.494 e. The number of likely N-dealkylation sites (tertiary alicyclic amines) is 1. The first-order valence-electron chi connectivity index (χ1n) is 9.68. The average molecular weight is 392 g/mol. The van der Waals surface area contributed by atoms with E-state index in [1.807, 2.05) is 6.92 Å². The lowest BCUT2D eigenvalue weighted by molar-refractivity contribution is -0.00760. The lowest BCUT2D eigenvalue weighted by Gasteiger charge is -2.52. The number of amides is 2. The minimum absolute atomic E-state index is 0.0106. The highest BCUT2D eigenvalue weighted by Gasteiger charge is 2.47. The molecule has 1 aromatic heterocycles. The first-order chi connectivity index (χ1) is 13.2. The molecule has 1 aromatic rings. The van der Waals surface area contributed by atoms with Gasteiger partial charge in [-0.2, -0.15) is 0 Å². The number of primary amides is 1. The molecule has 1 saturated carbocycles. The summed E-state index contributed by atoms with van der Waals surface area (Å²) >= 11 is 0. The first-order valence-corrected chi connectivity index (χ1v) is 9.68. The van der Waals surface area contributed by atoms with Crippen molar-refractivity contribution in [3.05, 3.63) is 26.4 Å². The number of carbonyl (C=O) groups excluding carboxylic acids is 1. The molecule has 3 rings (SSSR count). The predicted octanol–water partition coefficient (Wildman–Crippen LogP) is 0.296. The van der Waals surface area contributed by atoms with Crippen LogP contribution in [-0.4, -0.2) is 44.1 Å². The molecule has 28 heavy (non-hydrogen) atoms. The number of hydrogen-bond acceptors (Lipinski definition) is 5. The molecule has 2 heterocycles. The van der Waals surface area contributed by atoms with E-state index in [9.17, 15) is 19.5 Å². The molecule has 2 fully saturated rings. The van der Waals surface area contributed by atoms with E-state index < -0.39 is 29.0 Å². The molecule has 10 nitrogen and oxygen atoms in total. The van der Waals surface area contributed by atoms with Gasteiger partial charge < -0.3 is 21.5 Å². The zero-order chi connectivity index (χ0) is 20.6. The second-order valence-electron chi connectivity index (χ2n) is 8.00. The molecule has 154 valence electrons. The number of hydrogen-bond donors (Lipinski definition) is 4. The van der Waals surface area contributed by atoms with Crippen molar-refractivity contribution < 1.29 is 9.90 Å². The number of nitrogens with zero attached hydrogens (tertiary/aromatic N) is 3. The Morgan fingerprint density at radius 3 is 2.36 bits per heavy atom. The van der Waals surface area contributed by atoms with Gasteiger partial charge in [0.2, 0.25) is 5.88 Å². The number of aromatic nitrogens is 2. The van der Waals surface area contributed by atoms with Crippen LogP contribution in [-0.2, 0) is 6.54 Å². The van der Waals surface area contributed by atoms with Crippen molar-refractivity contribution in [2.75, 3.05) is 13.1 Å². The Morgan fingerprint density at radius 2 is 1.86 bits per heavy atom. The van der Waals surface area contributed by atoms with Gasteiger partial charge in [-0.3, -0.25) is 19.3 Å². The van der Waals surface area contributed by atoms with E-state index in [0.717, 1.165) is 28.4 Å². The van der Waals surface area contributed by atoms with Gasteiger partial charge in [0.15, 0.2) is 0 Å². The van der Waals surface area contributed by atoms with Crippen LogP contribution in [0.1, 0.15) is 57.1 Å². The molecule has 1 saturated heterocycles. The van der Waals surface area contributed by atoms with E-state index in [1.54, 1.807) is 4.90 Å². The maximum atomic E-state index is 13.0. The van der Waals surface area contributed by atoms with Gasteiger partial charge in [-0.1, -0.05) is 13.3 Å². The van der Waals surface area contributed by atoms with Gasteiger partial charge in [0.05, 0.1) is 0 Å². The third-order valence-corrected chi connectivity index (χ3v) is 6.10. The number of aromatic hydroxyl groups is 1. The fourth-order valence-corrected chi connectivity index (χ4v) is 4.44. The molecule has 1 aliphatic heterocycles. The lowest BCUT2D eigenvalue weighted by atomic mass is 9.67. The van der Waals surface area contributed by atoms with Crippen molar-refractivity contribution >= 4 is 11.9 Å². The van der Waals surface area contributed by atoms with Gasteiger partial charge in [0.1, 0.15) is 11.4 Å². The minimum Gasteiger partial charge on any atom is -0.494 e. The van der Waals surface area contributed by atoms with Gasteiger partial charge in [-0.05, 0) is 32.1 Å². The summed E-state index contributed by atoms with van der Waals surface area (Å²) in [6.07, 6.45) is 4.23. The van der Waals surface area contributed by atoms with Crippen molar-refractivity contribution in [2.24, 2.45) is 16.9 Å². The average Bonchev–Trinajstić information content (AvgIpc) is 2.59. The van der Waals surface area contributed by atoms with Crippen molar-refractivity contribution in [3.8, 4) is 5.88 Å². The van der Waals surface area contributed by atoms with Crippen LogP contribution >= 0.6 is 0 Å². The summed E-state index contributed by atoms with van der Waals surface area (Å²) in [6.45, 7) is 3.43. The van der Waals surface area contributed by atoms with Crippen molar-refractivity contribution in [1.29, 1.82) is 5.41 Å². The predicted molar refractivity (Wildman–Crippen MR) is 104 cm³/mol. The summed E-state index contributed by atoms with van der Waals surface area (Å²) < 4.78 is 2.30. The van der Waals surface area contributed by atoms with Gasteiger partial charge in [-0.25, -0.2) is 9.59 Å². The molecule has 2 amide bonds. The van der Waals surface area contributed by atoms with E-state index in [0.29, 0.717) is 32.4 Å². The zero-order valence-corrected chi connectivity index (χ0v) is 16.1. The summed E-state index contributed by atoms with van der Waals surface area (Å²) in [4.78, 5) is 38.7. The number of urea groups is 1. The molecule has 10 heteroatoms. The molecule has 0 atom stereocenters. The van der Waals surface area contributed by atoms with Gasteiger partial charge in [0.25, 0.3) is 5.56 Å². The topological polar surface area (TPSA) is 160 Å². The Morgan fingerprint density at radius 1 is 1.25 bits per heavy atom. The highest BCUT2D eigenvalue weighted by atomic mass is 16.3. The van der Waals surface area contributed by atoms with E-state index in [1.165, 1.54) is 0 Å². The number of carbonyl (C=O) groups is 1. The molecule has 2 aliphatic rings. The fourth-order valence-electron chi connectivity index (χ4n) is 4.44. The normalized spacial score (nSPS) is 18.8. The molecule has 0 aromatic carbocycles. The standard InChI is InChI=1S/C18H28N6O4/c1-2-3-8-23-14(25)12(13(19)20)15(26)24(17(23)28)11-4-6-18(7-5-11)9-22(10-18)16(21)27/h11,25H,2-10H2,1H3,(H3,19,20)(H2,21,27). The van der Waals surface area contributed by atoms with Crippen LogP contribution in [0.4, 0.5) is 4.79 Å². The zero-order valence-electron chi connectivity index (χ0n) is 16.1. The van der Waals surface area contributed by atoms with Crippen molar-refractivity contribution in [1.82, 2.24) is 14.0 Å². The van der Waals surface area contributed by atoms with Crippen LogP contribution in [0.25, 0.3) is 0 Å². The van der Waals surface area contributed by atoms with E-state index in [-0.39, 0.29) is 23.6 Å². The summed E-state index contributed by atoms with van der Waals surface area (Å²) in [6, 6.07) is -0.743. The summed E-state index contributed by atoms with van der Waals surface area (Å²) in [5.41, 5.74) is 9.25. The number of unbranched alkanes of at least 4 members (excludes halogenated alkanes) is 1. The Bertz CT molecular complexity index is 902. The summed E-state index contributed by atoms with van der Waals surface area (Å²) in [5.74, 6) is -1.08. The highest BCUT2D eigenvalue weighted by Crippen LogP contribution is 2.46. The number of rotatable bonds is 5. The van der Waals surface area contributed by atoms with Crippen LogP contribution in [0.15, 0.2) is 9.59 Å². The molecule has 0 bridgehead atoms. The molecule has 6 N–H and O–H groups in total. The maximum Gasteiger partial charge on any atom is 0.334 e. The Labute approximate surface area is 162 Å². The molecule has 1 aliphatic carbocycles. The van der Waals surface area contributed by atoms with Gasteiger partial charge >= 0.3 is 11.7 Å². The van der Waals surface area contributed by atoms with Crippen LogP contribution in [0.3, 0.4) is 0 Å². The number of nitrogens with one attached hydrogen (secondary N) is 1. The van der Waals surface area contributed by atoms with Crippen molar-refractivity contribution in [2.45, 2.75) is 58.0 Å². The molecule has 0 radical (unpaired) electrons. The quantitative estimate of drug-likeness (QED) is 0.418. The third kappa shape index (κ3) is 3.27. The maximum absolute atomic E-state index is 13.0. The SMILES string of the molecule is CCCCn1c(O)c(C(=N)N)c(=O)n(C2CCC3(CC2)CN(C(N)=O)C3)c1=O. The first kappa shape index (κ1) is 20.0. The van der Waals surface area contributed by atoms with Gasteiger partial charge in [-0.15, -0.1) is 0 Å². The van der Waals surface area contributed by atoms with E-state index in [4.69, 9.17) is 16.9 Å². The van der Waals surface area contributed by atoms with E-state index >= 15 is 0 Å². The van der Waals surface area contributed by atoms with Crippen LogP contribution in [0.5, 0.6) is 5.88 Å².